The van der Waals surface area contributed by atoms with E-state index in [9.17, 15) is 9.59 Å². The van der Waals surface area contributed by atoms with Crippen LogP contribution in [0.25, 0.3) is 0 Å². The fourth-order valence-electron chi connectivity index (χ4n) is 2.14. The lowest BCUT2D eigenvalue weighted by atomic mass is 10.2. The lowest BCUT2D eigenvalue weighted by Gasteiger charge is -2.33. The summed E-state index contributed by atoms with van der Waals surface area (Å²) in [6, 6.07) is 0.00861. The number of aliphatic carboxylic acids is 1. The summed E-state index contributed by atoms with van der Waals surface area (Å²) in [6.07, 6.45) is 4.01. The molecule has 0 radical (unpaired) electrons. The fraction of sp³-hybridized carbons (Fsp3) is 0.833. The molecule has 0 spiro atoms. The number of hydrogen-bond donors (Lipinski definition) is 1. The summed E-state index contributed by atoms with van der Waals surface area (Å²) in [7, 11) is 1.72. The highest BCUT2D eigenvalue weighted by molar-refractivity contribution is 5.80. The monoisotopic (exact) mass is 242 g/mol. The maximum Gasteiger partial charge on any atom is 0.323 e. The second-order valence-corrected chi connectivity index (χ2v) is 4.95. The second kappa shape index (κ2) is 5.89. The van der Waals surface area contributed by atoms with E-state index in [0.29, 0.717) is 0 Å². The third-order valence-corrected chi connectivity index (χ3v) is 3.39. The van der Waals surface area contributed by atoms with Gasteiger partial charge in [0.1, 0.15) is 6.54 Å². The van der Waals surface area contributed by atoms with Gasteiger partial charge < -0.3 is 14.9 Å². The lowest BCUT2D eigenvalue weighted by Crippen LogP contribution is -2.50. The van der Waals surface area contributed by atoms with Crippen LogP contribution < -0.4 is 0 Å². The summed E-state index contributed by atoms with van der Waals surface area (Å²) in [6.45, 7) is 3.65. The third kappa shape index (κ3) is 3.61. The number of carbonyl (C=O) groups is 2. The highest BCUT2D eigenvalue weighted by atomic mass is 16.4. The van der Waals surface area contributed by atoms with Gasteiger partial charge in [-0.15, -0.1) is 0 Å². The zero-order chi connectivity index (χ0) is 13.0. The van der Waals surface area contributed by atoms with Gasteiger partial charge in [-0.05, 0) is 26.7 Å². The summed E-state index contributed by atoms with van der Waals surface area (Å²) < 4.78 is 0. The molecule has 5 heteroatoms. The van der Waals surface area contributed by atoms with Crippen molar-refractivity contribution < 1.29 is 14.7 Å². The van der Waals surface area contributed by atoms with E-state index >= 15 is 0 Å². The van der Waals surface area contributed by atoms with Gasteiger partial charge in [-0.2, -0.15) is 0 Å². The van der Waals surface area contributed by atoms with Gasteiger partial charge in [0, 0.05) is 19.1 Å². The molecule has 0 unspecified atom stereocenters. The molecule has 0 aromatic rings. The van der Waals surface area contributed by atoms with Gasteiger partial charge in [0.25, 0.3) is 0 Å². The average Bonchev–Trinajstić information content (AvgIpc) is 2.76. The van der Waals surface area contributed by atoms with Crippen LogP contribution in [0.5, 0.6) is 0 Å². The van der Waals surface area contributed by atoms with Crippen LogP contribution in [0.15, 0.2) is 0 Å². The summed E-state index contributed by atoms with van der Waals surface area (Å²) in [5.41, 5.74) is 0. The van der Waals surface area contributed by atoms with Crippen molar-refractivity contribution in [1.29, 1.82) is 0 Å². The molecule has 0 aromatic heterocycles. The quantitative estimate of drug-likeness (QED) is 0.817. The van der Waals surface area contributed by atoms with Gasteiger partial charge in [0.05, 0.1) is 0 Å². The number of hydrogen-bond acceptors (Lipinski definition) is 2. The van der Waals surface area contributed by atoms with Gasteiger partial charge in [-0.1, -0.05) is 12.8 Å². The number of carboxylic acids is 1. The van der Waals surface area contributed by atoms with Gasteiger partial charge in [-0.3, -0.25) is 4.79 Å². The van der Waals surface area contributed by atoms with Gasteiger partial charge in [0.2, 0.25) is 0 Å². The molecule has 1 fully saturated rings. The van der Waals surface area contributed by atoms with Crippen LogP contribution in [0.1, 0.15) is 39.5 Å². The first-order valence-corrected chi connectivity index (χ1v) is 6.18. The minimum absolute atomic E-state index is 0.0835. The predicted molar refractivity (Wildman–Crippen MR) is 64.9 cm³/mol. The van der Waals surface area contributed by atoms with Crippen LogP contribution in [0.3, 0.4) is 0 Å². The first-order chi connectivity index (χ1) is 7.93. The molecule has 1 saturated carbocycles. The molecule has 0 atom stereocenters. The van der Waals surface area contributed by atoms with E-state index in [4.69, 9.17) is 5.11 Å². The number of urea groups is 1. The molecule has 0 aliphatic heterocycles. The molecule has 0 aromatic carbocycles. The Morgan fingerprint density at radius 3 is 2.24 bits per heavy atom. The average molecular weight is 242 g/mol. The minimum atomic E-state index is -0.942. The van der Waals surface area contributed by atoms with Crippen molar-refractivity contribution in [3.8, 4) is 0 Å². The Labute approximate surface area is 102 Å². The Bertz CT molecular complexity index is 285. The normalized spacial score (nSPS) is 16.2. The molecular formula is C12H22N2O3. The molecular weight excluding hydrogens is 220 g/mol. The lowest BCUT2D eigenvalue weighted by molar-refractivity contribution is -0.138. The molecule has 1 rings (SSSR count). The standard InChI is InChI=1S/C12H22N2O3/c1-9(2)13(3)12(17)14(8-11(15)16)10-6-4-5-7-10/h9-10H,4-8H2,1-3H3,(H,15,16). The third-order valence-electron chi connectivity index (χ3n) is 3.39. The Kier molecular flexibility index (Phi) is 4.78. The fourth-order valence-corrected chi connectivity index (χ4v) is 2.14. The maximum absolute atomic E-state index is 12.2. The molecule has 0 saturated heterocycles. The summed E-state index contributed by atoms with van der Waals surface area (Å²) in [5.74, 6) is -0.942. The molecule has 98 valence electrons. The summed E-state index contributed by atoms with van der Waals surface area (Å²) in [5, 5.41) is 8.90. The predicted octanol–water partition coefficient (Wildman–Crippen LogP) is 1.78. The van der Waals surface area contributed by atoms with E-state index in [1.165, 1.54) is 4.90 Å². The first kappa shape index (κ1) is 13.8. The molecule has 17 heavy (non-hydrogen) atoms. The highest BCUT2D eigenvalue weighted by Crippen LogP contribution is 2.24. The number of carboxylic acid groups (broad SMARTS) is 1. The molecule has 2 amide bonds. The molecule has 0 bridgehead atoms. The highest BCUT2D eigenvalue weighted by Gasteiger charge is 2.30. The largest absolute Gasteiger partial charge is 0.480 e. The molecule has 0 heterocycles. The van der Waals surface area contributed by atoms with E-state index in [-0.39, 0.29) is 24.7 Å². The second-order valence-electron chi connectivity index (χ2n) is 4.95. The minimum Gasteiger partial charge on any atom is -0.480 e. The van der Waals surface area contributed by atoms with Gasteiger partial charge >= 0.3 is 12.0 Å². The van der Waals surface area contributed by atoms with Crippen molar-refractivity contribution in [3.05, 3.63) is 0 Å². The van der Waals surface area contributed by atoms with Crippen molar-refractivity contribution >= 4 is 12.0 Å². The first-order valence-electron chi connectivity index (χ1n) is 6.18. The topological polar surface area (TPSA) is 60.9 Å². The summed E-state index contributed by atoms with van der Waals surface area (Å²) in [4.78, 5) is 26.2. The zero-order valence-electron chi connectivity index (χ0n) is 10.8. The maximum atomic E-state index is 12.2. The summed E-state index contributed by atoms with van der Waals surface area (Å²) >= 11 is 0. The molecule has 1 aliphatic rings. The molecule has 1 N–H and O–H groups in total. The number of carbonyl (C=O) groups excluding carboxylic acids is 1. The Hall–Kier alpha value is -1.26. The van der Waals surface area contributed by atoms with Crippen molar-refractivity contribution in [1.82, 2.24) is 9.80 Å². The van der Waals surface area contributed by atoms with Crippen LogP contribution in [-0.4, -0.2) is 52.6 Å². The van der Waals surface area contributed by atoms with Gasteiger partial charge in [-0.25, -0.2) is 4.79 Å². The van der Waals surface area contributed by atoms with E-state index < -0.39 is 5.97 Å². The SMILES string of the molecule is CC(C)N(C)C(=O)N(CC(=O)O)C1CCCC1. The Balaban J connectivity index is 2.74. The van der Waals surface area contributed by atoms with E-state index in [2.05, 4.69) is 0 Å². The van der Waals surface area contributed by atoms with Crippen molar-refractivity contribution in [2.75, 3.05) is 13.6 Å². The van der Waals surface area contributed by atoms with Crippen LogP contribution >= 0.6 is 0 Å². The van der Waals surface area contributed by atoms with Crippen molar-refractivity contribution in [2.24, 2.45) is 0 Å². The molecule has 5 nitrogen and oxygen atoms in total. The van der Waals surface area contributed by atoms with Crippen LogP contribution in [-0.2, 0) is 4.79 Å². The van der Waals surface area contributed by atoms with Crippen LogP contribution in [0, 0.1) is 0 Å². The van der Waals surface area contributed by atoms with E-state index in [0.717, 1.165) is 25.7 Å². The Morgan fingerprint density at radius 1 is 1.29 bits per heavy atom. The van der Waals surface area contributed by atoms with Gasteiger partial charge in [0.15, 0.2) is 0 Å². The zero-order valence-corrected chi connectivity index (χ0v) is 10.8. The number of rotatable bonds is 4. The van der Waals surface area contributed by atoms with Crippen LogP contribution in [0.4, 0.5) is 4.79 Å². The van der Waals surface area contributed by atoms with E-state index in [1.807, 2.05) is 13.8 Å². The number of nitrogens with zero attached hydrogens (tertiary/aromatic N) is 2. The molecule has 1 aliphatic carbocycles. The van der Waals surface area contributed by atoms with Crippen molar-refractivity contribution in [3.63, 3.8) is 0 Å². The van der Waals surface area contributed by atoms with E-state index in [1.54, 1.807) is 11.9 Å². The van der Waals surface area contributed by atoms with Crippen molar-refractivity contribution in [2.45, 2.75) is 51.6 Å². The smallest absolute Gasteiger partial charge is 0.323 e. The number of amides is 2. The van der Waals surface area contributed by atoms with Crippen LogP contribution in [0.2, 0.25) is 0 Å². The Morgan fingerprint density at radius 2 is 1.82 bits per heavy atom.